The molecule has 0 bridgehead atoms. The van der Waals surface area contributed by atoms with E-state index in [-0.39, 0.29) is 0 Å². The molecule has 2 aromatic rings. The molecule has 0 fully saturated rings. The summed E-state index contributed by atoms with van der Waals surface area (Å²) in [6.07, 6.45) is 2.00. The van der Waals surface area contributed by atoms with Gasteiger partial charge in [-0.25, -0.2) is 4.98 Å². The van der Waals surface area contributed by atoms with E-state index in [0.717, 1.165) is 35.7 Å². The van der Waals surface area contributed by atoms with E-state index in [0.29, 0.717) is 12.4 Å². The van der Waals surface area contributed by atoms with Crippen molar-refractivity contribution in [3.63, 3.8) is 0 Å². The van der Waals surface area contributed by atoms with Gasteiger partial charge >= 0.3 is 0 Å². The van der Waals surface area contributed by atoms with Crippen molar-refractivity contribution in [1.29, 1.82) is 0 Å². The maximum atomic E-state index is 6.13. The van der Waals surface area contributed by atoms with Crippen molar-refractivity contribution in [2.24, 2.45) is 7.05 Å². The van der Waals surface area contributed by atoms with Gasteiger partial charge in [-0.15, -0.1) is 0 Å². The number of nitrogens with zero attached hydrogens (tertiary/aromatic N) is 2. The fourth-order valence-electron chi connectivity index (χ4n) is 2.09. The molecule has 2 N–H and O–H groups in total. The number of hydrogen-bond donors (Lipinski definition) is 1. The van der Waals surface area contributed by atoms with Crippen molar-refractivity contribution < 1.29 is 4.74 Å². The van der Waals surface area contributed by atoms with Crippen LogP contribution in [0.1, 0.15) is 26.1 Å². The zero-order valence-corrected chi connectivity index (χ0v) is 11.8. The van der Waals surface area contributed by atoms with Gasteiger partial charge in [0, 0.05) is 19.0 Å². The minimum Gasteiger partial charge on any atom is -0.494 e. The molecule has 19 heavy (non-hydrogen) atoms. The summed E-state index contributed by atoms with van der Waals surface area (Å²) in [5.74, 6) is 2.62. The van der Waals surface area contributed by atoms with E-state index in [1.165, 1.54) is 0 Å². The number of nitrogens with two attached hydrogens (primary N) is 1. The summed E-state index contributed by atoms with van der Waals surface area (Å²) < 4.78 is 7.41. The Hall–Kier alpha value is -1.97. The van der Waals surface area contributed by atoms with Crippen molar-refractivity contribution in [1.82, 2.24) is 9.55 Å². The predicted molar refractivity (Wildman–Crippen MR) is 78.2 cm³/mol. The van der Waals surface area contributed by atoms with Gasteiger partial charge < -0.3 is 15.0 Å². The van der Waals surface area contributed by atoms with Crippen LogP contribution in [0.5, 0.6) is 5.75 Å². The highest BCUT2D eigenvalue weighted by Crippen LogP contribution is 2.27. The van der Waals surface area contributed by atoms with Crippen molar-refractivity contribution in [3.05, 3.63) is 30.1 Å². The van der Waals surface area contributed by atoms with Gasteiger partial charge in [-0.3, -0.25) is 0 Å². The van der Waals surface area contributed by atoms with E-state index >= 15 is 0 Å². The lowest BCUT2D eigenvalue weighted by Gasteiger charge is -2.04. The highest BCUT2D eigenvalue weighted by atomic mass is 16.5. The van der Waals surface area contributed by atoms with Gasteiger partial charge in [0.1, 0.15) is 23.1 Å². The number of imidazole rings is 1. The Morgan fingerprint density at radius 1 is 1.21 bits per heavy atom. The lowest BCUT2D eigenvalue weighted by molar-refractivity contribution is 0.340. The van der Waals surface area contributed by atoms with Crippen LogP contribution in [0.4, 0.5) is 5.82 Å². The summed E-state index contributed by atoms with van der Waals surface area (Å²) in [6, 6.07) is 7.90. The first kappa shape index (κ1) is 13.5. The standard InChI is InChI=1S/C15H21N3O/c1-4-6-13-17-14(15(16)18(13)3)11-7-9-12(10-8-11)19-5-2/h7-10H,4-6,16H2,1-3H3. The number of anilines is 1. The smallest absolute Gasteiger partial charge is 0.131 e. The van der Waals surface area contributed by atoms with Crippen molar-refractivity contribution in [3.8, 4) is 17.0 Å². The number of ether oxygens (including phenoxy) is 1. The van der Waals surface area contributed by atoms with Crippen LogP contribution in [0.3, 0.4) is 0 Å². The van der Waals surface area contributed by atoms with Crippen molar-refractivity contribution in [2.75, 3.05) is 12.3 Å². The minimum atomic E-state index is 0.672. The molecule has 4 heteroatoms. The Labute approximate surface area is 114 Å². The Morgan fingerprint density at radius 2 is 1.89 bits per heavy atom. The monoisotopic (exact) mass is 259 g/mol. The van der Waals surface area contributed by atoms with Crippen LogP contribution in [0.15, 0.2) is 24.3 Å². The van der Waals surface area contributed by atoms with Crippen LogP contribution in [-0.4, -0.2) is 16.2 Å². The number of aryl methyl sites for hydroxylation is 1. The average molecular weight is 259 g/mol. The topological polar surface area (TPSA) is 53.1 Å². The lowest BCUT2D eigenvalue weighted by atomic mass is 10.1. The second kappa shape index (κ2) is 5.78. The number of rotatable bonds is 5. The van der Waals surface area contributed by atoms with E-state index in [4.69, 9.17) is 10.5 Å². The van der Waals surface area contributed by atoms with Crippen LogP contribution < -0.4 is 10.5 Å². The van der Waals surface area contributed by atoms with Crippen molar-refractivity contribution >= 4 is 5.82 Å². The fraction of sp³-hybridized carbons (Fsp3) is 0.400. The highest BCUT2D eigenvalue weighted by molar-refractivity contribution is 5.71. The third-order valence-electron chi connectivity index (χ3n) is 3.14. The molecule has 1 aromatic carbocycles. The second-order valence-corrected chi connectivity index (χ2v) is 4.53. The fourth-order valence-corrected chi connectivity index (χ4v) is 2.09. The summed E-state index contributed by atoms with van der Waals surface area (Å²) in [7, 11) is 1.96. The summed E-state index contributed by atoms with van der Waals surface area (Å²) in [5, 5.41) is 0. The van der Waals surface area contributed by atoms with E-state index in [1.54, 1.807) is 0 Å². The summed E-state index contributed by atoms with van der Waals surface area (Å²) >= 11 is 0. The quantitative estimate of drug-likeness (QED) is 0.898. The maximum absolute atomic E-state index is 6.13. The van der Waals surface area contributed by atoms with Crippen LogP contribution in [0.2, 0.25) is 0 Å². The Balaban J connectivity index is 2.33. The second-order valence-electron chi connectivity index (χ2n) is 4.53. The first-order chi connectivity index (χ1) is 9.17. The Morgan fingerprint density at radius 3 is 2.47 bits per heavy atom. The Bertz CT molecular complexity index is 543. The molecule has 0 amide bonds. The highest BCUT2D eigenvalue weighted by Gasteiger charge is 2.13. The van der Waals surface area contributed by atoms with Crippen LogP contribution in [0.25, 0.3) is 11.3 Å². The molecule has 0 aliphatic rings. The molecule has 1 aromatic heterocycles. The molecule has 0 atom stereocenters. The summed E-state index contributed by atoms with van der Waals surface area (Å²) in [5.41, 5.74) is 8.01. The molecule has 1 heterocycles. The van der Waals surface area contributed by atoms with Gasteiger partial charge in [0.05, 0.1) is 6.61 Å². The third-order valence-corrected chi connectivity index (χ3v) is 3.14. The SMILES string of the molecule is CCCc1nc(-c2ccc(OCC)cc2)c(N)n1C. The van der Waals surface area contributed by atoms with Crippen LogP contribution >= 0.6 is 0 Å². The number of nitrogen functional groups attached to an aromatic ring is 1. The number of benzene rings is 1. The molecule has 2 rings (SSSR count). The van der Waals surface area contributed by atoms with E-state index in [9.17, 15) is 0 Å². The number of hydrogen-bond acceptors (Lipinski definition) is 3. The van der Waals surface area contributed by atoms with E-state index in [2.05, 4.69) is 11.9 Å². The third kappa shape index (κ3) is 2.72. The molecule has 102 valence electrons. The molecule has 0 aliphatic carbocycles. The zero-order valence-electron chi connectivity index (χ0n) is 11.8. The van der Waals surface area contributed by atoms with E-state index in [1.807, 2.05) is 42.8 Å². The van der Waals surface area contributed by atoms with Crippen LogP contribution in [-0.2, 0) is 13.5 Å². The summed E-state index contributed by atoms with van der Waals surface area (Å²) in [4.78, 5) is 4.64. The molecule has 0 spiro atoms. The maximum Gasteiger partial charge on any atom is 0.131 e. The predicted octanol–water partition coefficient (Wildman–Crippen LogP) is 3.02. The lowest BCUT2D eigenvalue weighted by Crippen LogP contribution is -2.01. The first-order valence-electron chi connectivity index (χ1n) is 6.71. The van der Waals surface area contributed by atoms with Gasteiger partial charge in [0.2, 0.25) is 0 Å². The molecular formula is C15H21N3O. The average Bonchev–Trinajstić information content (AvgIpc) is 2.69. The molecule has 0 aliphatic heterocycles. The minimum absolute atomic E-state index is 0.672. The number of aromatic nitrogens is 2. The van der Waals surface area contributed by atoms with Gasteiger partial charge in [0.15, 0.2) is 0 Å². The molecular weight excluding hydrogens is 238 g/mol. The zero-order chi connectivity index (χ0) is 13.8. The first-order valence-corrected chi connectivity index (χ1v) is 6.71. The summed E-state index contributed by atoms with van der Waals surface area (Å²) in [6.45, 7) is 4.79. The van der Waals surface area contributed by atoms with Crippen LogP contribution in [0, 0.1) is 0 Å². The van der Waals surface area contributed by atoms with Crippen molar-refractivity contribution in [2.45, 2.75) is 26.7 Å². The van der Waals surface area contributed by atoms with Gasteiger partial charge in [-0.2, -0.15) is 0 Å². The van der Waals surface area contributed by atoms with Gasteiger partial charge in [0.25, 0.3) is 0 Å². The molecule has 0 radical (unpaired) electrons. The molecule has 4 nitrogen and oxygen atoms in total. The largest absolute Gasteiger partial charge is 0.494 e. The molecule has 0 unspecified atom stereocenters. The normalized spacial score (nSPS) is 10.7. The van der Waals surface area contributed by atoms with E-state index < -0.39 is 0 Å². The van der Waals surface area contributed by atoms with Gasteiger partial charge in [-0.05, 0) is 37.6 Å². The molecule has 0 saturated heterocycles. The molecule has 0 saturated carbocycles. The Kier molecular flexibility index (Phi) is 4.10. The van der Waals surface area contributed by atoms with Gasteiger partial charge in [-0.1, -0.05) is 6.92 Å².